The van der Waals surface area contributed by atoms with Crippen LogP contribution in [0.5, 0.6) is 0 Å². The van der Waals surface area contributed by atoms with Crippen LogP contribution in [0.1, 0.15) is 30.1 Å². The minimum atomic E-state index is -0.514. The lowest BCUT2D eigenvalue weighted by Gasteiger charge is -2.38. The SMILES string of the molecule is CCOC(=O)C1=C(O)[C@@H](Sc2ccc(Cl)cc2)[C@H](c2ccccc2)N[C@H]1c1ccccc1. The van der Waals surface area contributed by atoms with Crippen LogP contribution in [0.2, 0.25) is 5.02 Å². The van der Waals surface area contributed by atoms with E-state index < -0.39 is 17.3 Å². The Morgan fingerprint density at radius 1 is 0.969 bits per heavy atom. The zero-order valence-electron chi connectivity index (χ0n) is 17.6. The summed E-state index contributed by atoms with van der Waals surface area (Å²) in [5.41, 5.74) is 2.16. The number of nitrogens with one attached hydrogen (secondary N) is 1. The number of ether oxygens (including phenoxy) is 1. The van der Waals surface area contributed by atoms with Gasteiger partial charge in [0.05, 0.1) is 29.5 Å². The number of aliphatic hydroxyl groups excluding tert-OH is 1. The first-order chi connectivity index (χ1) is 15.6. The highest BCUT2D eigenvalue weighted by Gasteiger charge is 2.42. The van der Waals surface area contributed by atoms with Gasteiger partial charge < -0.3 is 9.84 Å². The van der Waals surface area contributed by atoms with Crippen molar-refractivity contribution in [2.75, 3.05) is 6.61 Å². The number of esters is 1. The number of rotatable bonds is 6. The van der Waals surface area contributed by atoms with E-state index in [9.17, 15) is 9.90 Å². The maximum atomic E-state index is 13.0. The summed E-state index contributed by atoms with van der Waals surface area (Å²) in [4.78, 5) is 13.9. The molecule has 1 aliphatic rings. The van der Waals surface area contributed by atoms with Crippen LogP contribution in [0.25, 0.3) is 0 Å². The number of halogens is 1. The minimum absolute atomic E-state index is 0.0323. The molecule has 3 atom stereocenters. The van der Waals surface area contributed by atoms with E-state index in [1.807, 2.05) is 84.9 Å². The molecule has 0 radical (unpaired) electrons. The summed E-state index contributed by atoms with van der Waals surface area (Å²) < 4.78 is 5.34. The molecule has 4 nitrogen and oxygen atoms in total. The second-order valence-corrected chi connectivity index (χ2v) is 9.06. The lowest BCUT2D eigenvalue weighted by Crippen LogP contribution is -2.43. The molecule has 3 aromatic carbocycles. The summed E-state index contributed by atoms with van der Waals surface area (Å²) in [7, 11) is 0. The first kappa shape index (κ1) is 22.5. The number of carbonyl (C=O) groups excluding carboxylic acids is 1. The largest absolute Gasteiger partial charge is 0.510 e. The fraction of sp³-hybridized carbons (Fsp3) is 0.192. The Bertz CT molecular complexity index is 1090. The molecule has 2 N–H and O–H groups in total. The van der Waals surface area contributed by atoms with Crippen LogP contribution >= 0.6 is 23.4 Å². The molecule has 32 heavy (non-hydrogen) atoms. The highest BCUT2D eigenvalue weighted by molar-refractivity contribution is 8.00. The molecule has 3 aromatic rings. The van der Waals surface area contributed by atoms with Crippen molar-refractivity contribution < 1.29 is 14.6 Å². The quantitative estimate of drug-likeness (QED) is 0.420. The van der Waals surface area contributed by atoms with Gasteiger partial charge in [0.25, 0.3) is 0 Å². The third kappa shape index (κ3) is 4.85. The summed E-state index contributed by atoms with van der Waals surface area (Å²) in [5.74, 6) is -0.482. The summed E-state index contributed by atoms with van der Waals surface area (Å²) >= 11 is 7.54. The van der Waals surface area contributed by atoms with Gasteiger partial charge in [-0.1, -0.05) is 72.3 Å². The number of aliphatic hydroxyl groups is 1. The summed E-state index contributed by atoms with van der Waals surface area (Å²) in [5, 5.41) is 15.3. The second-order valence-electron chi connectivity index (χ2n) is 7.41. The van der Waals surface area contributed by atoms with Crippen LogP contribution in [-0.2, 0) is 9.53 Å². The zero-order valence-corrected chi connectivity index (χ0v) is 19.1. The van der Waals surface area contributed by atoms with Crippen molar-refractivity contribution in [1.82, 2.24) is 5.32 Å². The molecule has 0 aromatic heterocycles. The van der Waals surface area contributed by atoms with Crippen molar-refractivity contribution in [3.05, 3.63) is 112 Å². The monoisotopic (exact) mass is 465 g/mol. The predicted molar refractivity (Wildman–Crippen MR) is 129 cm³/mol. The molecule has 1 heterocycles. The van der Waals surface area contributed by atoms with Crippen molar-refractivity contribution in [3.63, 3.8) is 0 Å². The molecule has 6 heteroatoms. The average molecular weight is 466 g/mol. The fourth-order valence-electron chi connectivity index (χ4n) is 3.86. The van der Waals surface area contributed by atoms with Gasteiger partial charge in [-0.2, -0.15) is 0 Å². The van der Waals surface area contributed by atoms with Gasteiger partial charge in [-0.05, 0) is 42.3 Å². The lowest BCUT2D eigenvalue weighted by atomic mass is 9.88. The Hall–Kier alpha value is -2.73. The second kappa shape index (κ2) is 10.3. The molecule has 1 aliphatic heterocycles. The average Bonchev–Trinajstić information content (AvgIpc) is 2.82. The number of hydrogen-bond acceptors (Lipinski definition) is 5. The van der Waals surface area contributed by atoms with Crippen LogP contribution in [0.4, 0.5) is 0 Å². The van der Waals surface area contributed by atoms with Gasteiger partial charge in [-0.3, -0.25) is 5.32 Å². The summed E-state index contributed by atoms with van der Waals surface area (Å²) in [6.07, 6.45) is 0. The Labute approximate surface area is 197 Å². The van der Waals surface area contributed by atoms with E-state index in [2.05, 4.69) is 5.32 Å². The fourth-order valence-corrected chi connectivity index (χ4v) is 5.19. The highest BCUT2D eigenvalue weighted by Crippen LogP contribution is 2.44. The van der Waals surface area contributed by atoms with Gasteiger partial charge in [-0.15, -0.1) is 11.8 Å². The van der Waals surface area contributed by atoms with Crippen molar-refractivity contribution in [2.45, 2.75) is 29.2 Å². The molecule has 0 amide bonds. The van der Waals surface area contributed by atoms with Gasteiger partial charge in [0.2, 0.25) is 0 Å². The normalized spacial score (nSPS) is 20.8. The maximum Gasteiger partial charge on any atom is 0.339 e. The van der Waals surface area contributed by atoms with E-state index >= 15 is 0 Å². The topological polar surface area (TPSA) is 58.6 Å². The summed E-state index contributed by atoms with van der Waals surface area (Å²) in [6.45, 7) is 1.99. The van der Waals surface area contributed by atoms with E-state index in [0.717, 1.165) is 16.0 Å². The van der Waals surface area contributed by atoms with Crippen LogP contribution in [0.3, 0.4) is 0 Å². The molecular formula is C26H24ClNO3S. The van der Waals surface area contributed by atoms with Gasteiger partial charge >= 0.3 is 5.97 Å². The Kier molecular flexibility index (Phi) is 7.20. The van der Waals surface area contributed by atoms with Crippen molar-refractivity contribution in [2.24, 2.45) is 0 Å². The van der Waals surface area contributed by atoms with Crippen molar-refractivity contribution in [3.8, 4) is 0 Å². The number of carbonyl (C=O) groups is 1. The number of hydrogen-bond donors (Lipinski definition) is 2. The van der Waals surface area contributed by atoms with E-state index in [1.165, 1.54) is 11.8 Å². The van der Waals surface area contributed by atoms with Gasteiger partial charge in [0.1, 0.15) is 5.76 Å². The van der Waals surface area contributed by atoms with Crippen LogP contribution < -0.4 is 5.32 Å². The van der Waals surface area contributed by atoms with Crippen molar-refractivity contribution in [1.29, 1.82) is 0 Å². The number of benzene rings is 3. The molecule has 164 valence electrons. The lowest BCUT2D eigenvalue weighted by molar-refractivity contribution is -0.139. The molecule has 4 rings (SSSR count). The Balaban J connectivity index is 1.83. The van der Waals surface area contributed by atoms with E-state index in [0.29, 0.717) is 5.02 Å². The molecule has 0 fully saturated rings. The third-order valence-electron chi connectivity index (χ3n) is 5.35. The van der Waals surface area contributed by atoms with Crippen LogP contribution in [0, 0.1) is 0 Å². The van der Waals surface area contributed by atoms with Crippen LogP contribution in [-0.4, -0.2) is 22.9 Å². The molecular weight excluding hydrogens is 442 g/mol. The molecule has 0 unspecified atom stereocenters. The van der Waals surface area contributed by atoms with E-state index in [-0.39, 0.29) is 24.0 Å². The molecule has 0 saturated carbocycles. The highest BCUT2D eigenvalue weighted by atomic mass is 35.5. The van der Waals surface area contributed by atoms with Gasteiger partial charge in [-0.25, -0.2) is 4.79 Å². The molecule has 0 spiro atoms. The smallest absolute Gasteiger partial charge is 0.339 e. The molecule has 0 aliphatic carbocycles. The predicted octanol–water partition coefficient (Wildman–Crippen LogP) is 6.26. The Morgan fingerprint density at radius 2 is 1.56 bits per heavy atom. The standard InChI is InChI=1S/C26H24ClNO3S/c1-2-31-26(30)21-22(17-9-5-3-6-10-17)28-23(18-11-7-4-8-12-18)25(24(21)29)32-20-15-13-19(27)14-16-20/h3-16,22-23,25,28-29H,2H2,1H3/t22-,23-,25-/m0/s1. The maximum absolute atomic E-state index is 13.0. The first-order valence-electron chi connectivity index (χ1n) is 10.5. The third-order valence-corrected chi connectivity index (χ3v) is 6.89. The van der Waals surface area contributed by atoms with E-state index in [1.54, 1.807) is 6.92 Å². The Morgan fingerprint density at radius 3 is 2.16 bits per heavy atom. The molecule has 0 saturated heterocycles. The van der Waals surface area contributed by atoms with E-state index in [4.69, 9.17) is 16.3 Å². The first-order valence-corrected chi connectivity index (χ1v) is 11.7. The summed E-state index contributed by atoms with van der Waals surface area (Å²) in [6, 6.07) is 26.3. The zero-order chi connectivity index (χ0) is 22.5. The van der Waals surface area contributed by atoms with Gasteiger partial charge in [0.15, 0.2) is 0 Å². The molecule has 0 bridgehead atoms. The van der Waals surface area contributed by atoms with Crippen molar-refractivity contribution >= 4 is 29.3 Å². The number of thioether (sulfide) groups is 1. The van der Waals surface area contributed by atoms with Crippen LogP contribution in [0.15, 0.2) is 101 Å². The van der Waals surface area contributed by atoms with Gasteiger partial charge in [0, 0.05) is 9.92 Å². The minimum Gasteiger partial charge on any atom is -0.510 e.